The first-order chi connectivity index (χ1) is 8.99. The molecule has 6 heteroatoms. The van der Waals surface area contributed by atoms with Crippen LogP contribution in [0.15, 0.2) is 39.4 Å². The molecule has 0 amide bonds. The topological polar surface area (TPSA) is 33.1 Å². The van der Waals surface area contributed by atoms with Crippen LogP contribution in [0.2, 0.25) is 0 Å². The van der Waals surface area contributed by atoms with Gasteiger partial charge in [0, 0.05) is 27.1 Å². The highest BCUT2D eigenvalue weighted by molar-refractivity contribution is 9.11. The van der Waals surface area contributed by atoms with Crippen molar-refractivity contribution in [2.45, 2.75) is 12.5 Å². The molecule has 0 aliphatic rings. The minimum atomic E-state index is -1.09. The first kappa shape index (κ1) is 14.6. The van der Waals surface area contributed by atoms with Crippen molar-refractivity contribution in [3.8, 4) is 0 Å². The van der Waals surface area contributed by atoms with Gasteiger partial charge in [0.1, 0.15) is 17.7 Å². The number of rotatable bonds is 3. The Morgan fingerprint density at radius 2 is 1.84 bits per heavy atom. The van der Waals surface area contributed by atoms with Crippen molar-refractivity contribution in [2.75, 3.05) is 0 Å². The Bertz CT molecular complexity index is 587. The van der Waals surface area contributed by atoms with E-state index in [2.05, 4.69) is 36.8 Å². The van der Waals surface area contributed by atoms with E-state index in [4.69, 9.17) is 0 Å². The van der Waals surface area contributed by atoms with Crippen molar-refractivity contribution < 1.29 is 13.9 Å². The van der Waals surface area contributed by atoms with Crippen LogP contribution in [-0.2, 0) is 6.42 Å². The quantitative estimate of drug-likeness (QED) is 0.850. The largest absolute Gasteiger partial charge is 0.386 e. The van der Waals surface area contributed by atoms with Crippen molar-refractivity contribution in [3.63, 3.8) is 0 Å². The van der Waals surface area contributed by atoms with Crippen LogP contribution in [-0.4, -0.2) is 10.1 Å². The smallest absolute Gasteiger partial charge is 0.129 e. The zero-order valence-electron chi connectivity index (χ0n) is 9.58. The molecule has 0 fully saturated rings. The Kier molecular flexibility index (Phi) is 4.65. The van der Waals surface area contributed by atoms with Gasteiger partial charge < -0.3 is 5.11 Å². The van der Waals surface area contributed by atoms with Gasteiger partial charge in [-0.3, -0.25) is 4.98 Å². The van der Waals surface area contributed by atoms with Gasteiger partial charge >= 0.3 is 0 Å². The van der Waals surface area contributed by atoms with E-state index in [0.717, 1.165) is 16.6 Å². The molecule has 100 valence electrons. The third kappa shape index (κ3) is 3.38. The molecule has 0 saturated heterocycles. The summed E-state index contributed by atoms with van der Waals surface area (Å²) in [6.07, 6.45) is 0.251. The Morgan fingerprint density at radius 1 is 1.21 bits per heavy atom. The standard InChI is InChI=1S/C13H9Br2F2NO/c14-7-4-9(15)13(18-6-7)12(19)5-8-10(16)2-1-3-11(8)17/h1-4,6,12,19H,5H2. The first-order valence-corrected chi connectivity index (χ1v) is 6.99. The number of pyridine rings is 1. The minimum Gasteiger partial charge on any atom is -0.386 e. The number of hydrogen-bond donors (Lipinski definition) is 1. The maximum Gasteiger partial charge on any atom is 0.129 e. The summed E-state index contributed by atoms with van der Waals surface area (Å²) in [6, 6.07) is 5.32. The molecule has 2 rings (SSSR count). The molecule has 1 N–H and O–H groups in total. The van der Waals surface area contributed by atoms with Crippen LogP contribution in [0.25, 0.3) is 0 Å². The third-order valence-electron chi connectivity index (χ3n) is 2.61. The van der Waals surface area contributed by atoms with Crippen LogP contribution in [0.4, 0.5) is 8.78 Å². The molecule has 19 heavy (non-hydrogen) atoms. The summed E-state index contributed by atoms with van der Waals surface area (Å²) in [5.74, 6) is -1.35. The lowest BCUT2D eigenvalue weighted by Crippen LogP contribution is -2.08. The summed E-state index contributed by atoms with van der Waals surface area (Å²) in [5, 5.41) is 10.1. The van der Waals surface area contributed by atoms with Gasteiger partial charge in [-0.05, 0) is 50.1 Å². The zero-order chi connectivity index (χ0) is 14.0. The monoisotopic (exact) mass is 391 g/mol. The Balaban J connectivity index is 2.28. The highest BCUT2D eigenvalue weighted by atomic mass is 79.9. The molecule has 0 radical (unpaired) electrons. The lowest BCUT2D eigenvalue weighted by molar-refractivity contribution is 0.170. The number of halogens is 4. The fourth-order valence-corrected chi connectivity index (χ4v) is 2.94. The van der Waals surface area contributed by atoms with Crippen molar-refractivity contribution in [1.82, 2.24) is 4.98 Å². The molecule has 0 spiro atoms. The number of nitrogens with zero attached hydrogens (tertiary/aromatic N) is 1. The molecule has 2 aromatic rings. The van der Waals surface area contributed by atoms with Crippen molar-refractivity contribution >= 4 is 31.9 Å². The van der Waals surface area contributed by atoms with Crippen LogP contribution in [0, 0.1) is 11.6 Å². The minimum absolute atomic E-state index is 0.147. The third-order valence-corrected chi connectivity index (χ3v) is 3.68. The van der Waals surface area contributed by atoms with E-state index in [0.29, 0.717) is 10.2 Å². The normalized spacial score (nSPS) is 12.5. The highest BCUT2D eigenvalue weighted by Gasteiger charge is 2.18. The van der Waals surface area contributed by atoms with Gasteiger partial charge in [0.15, 0.2) is 0 Å². The summed E-state index contributed by atoms with van der Waals surface area (Å²) in [6.45, 7) is 0. The van der Waals surface area contributed by atoms with E-state index < -0.39 is 17.7 Å². The molecule has 2 nitrogen and oxygen atoms in total. The van der Waals surface area contributed by atoms with E-state index in [9.17, 15) is 13.9 Å². The van der Waals surface area contributed by atoms with Crippen molar-refractivity contribution in [2.24, 2.45) is 0 Å². The Labute approximate surface area is 125 Å². The second-order valence-corrected chi connectivity index (χ2v) is 5.71. The van der Waals surface area contributed by atoms with Gasteiger partial charge in [-0.25, -0.2) is 8.78 Å². The number of aromatic nitrogens is 1. The molecule has 0 aliphatic heterocycles. The van der Waals surface area contributed by atoms with E-state index >= 15 is 0 Å². The SMILES string of the molecule is OC(Cc1c(F)cccc1F)c1ncc(Br)cc1Br. The molecular weight excluding hydrogens is 384 g/mol. The fourth-order valence-electron chi connectivity index (χ4n) is 1.69. The summed E-state index contributed by atoms with van der Waals surface area (Å²) < 4.78 is 28.3. The molecule has 0 aliphatic carbocycles. The van der Waals surface area contributed by atoms with Gasteiger partial charge in [0.2, 0.25) is 0 Å². The van der Waals surface area contributed by atoms with Crippen LogP contribution in [0.1, 0.15) is 17.4 Å². The number of benzene rings is 1. The molecule has 1 atom stereocenters. The first-order valence-electron chi connectivity index (χ1n) is 5.41. The van der Waals surface area contributed by atoms with Crippen molar-refractivity contribution in [3.05, 3.63) is 62.3 Å². The molecule has 0 saturated carbocycles. The lowest BCUT2D eigenvalue weighted by atomic mass is 10.0. The van der Waals surface area contributed by atoms with Gasteiger partial charge in [0.05, 0.1) is 5.69 Å². The Morgan fingerprint density at radius 3 is 2.42 bits per heavy atom. The summed E-state index contributed by atoms with van der Waals surface area (Å²) in [5.41, 5.74) is 0.192. The van der Waals surface area contributed by atoms with Gasteiger partial charge in [-0.15, -0.1) is 0 Å². The highest BCUT2D eigenvalue weighted by Crippen LogP contribution is 2.28. The number of aliphatic hydroxyl groups is 1. The second kappa shape index (κ2) is 6.07. The Hall–Kier alpha value is -0.850. The number of hydrogen-bond acceptors (Lipinski definition) is 2. The molecule has 1 unspecified atom stereocenters. The van der Waals surface area contributed by atoms with Gasteiger partial charge in [-0.2, -0.15) is 0 Å². The van der Waals surface area contributed by atoms with Gasteiger partial charge in [-0.1, -0.05) is 6.07 Å². The van der Waals surface area contributed by atoms with Crippen LogP contribution >= 0.6 is 31.9 Å². The maximum absolute atomic E-state index is 13.5. The molecule has 1 heterocycles. The summed E-state index contributed by atoms with van der Waals surface area (Å²) in [4.78, 5) is 4.04. The van der Waals surface area contributed by atoms with E-state index in [1.54, 1.807) is 6.07 Å². The summed E-state index contributed by atoms with van der Waals surface area (Å²) in [7, 11) is 0. The van der Waals surface area contributed by atoms with Crippen LogP contribution < -0.4 is 0 Å². The van der Waals surface area contributed by atoms with Crippen LogP contribution in [0.5, 0.6) is 0 Å². The molecule has 0 bridgehead atoms. The zero-order valence-corrected chi connectivity index (χ0v) is 12.7. The van der Waals surface area contributed by atoms with Gasteiger partial charge in [0.25, 0.3) is 0 Å². The fraction of sp³-hybridized carbons (Fsp3) is 0.154. The predicted octanol–water partition coefficient (Wildman–Crippen LogP) is 4.16. The van der Waals surface area contributed by atoms with E-state index in [1.165, 1.54) is 12.3 Å². The second-order valence-electron chi connectivity index (χ2n) is 3.94. The van der Waals surface area contributed by atoms with Crippen molar-refractivity contribution in [1.29, 1.82) is 0 Å². The lowest BCUT2D eigenvalue weighted by Gasteiger charge is -2.13. The average Bonchev–Trinajstić information content (AvgIpc) is 2.33. The molecule has 1 aromatic carbocycles. The van der Waals surface area contributed by atoms with Crippen LogP contribution in [0.3, 0.4) is 0 Å². The summed E-state index contributed by atoms with van der Waals surface area (Å²) >= 11 is 6.50. The maximum atomic E-state index is 13.5. The predicted molar refractivity (Wildman–Crippen MR) is 74.7 cm³/mol. The van der Waals surface area contributed by atoms with E-state index in [-0.39, 0.29) is 12.0 Å². The molecule has 1 aromatic heterocycles. The molecular formula is C13H9Br2F2NO. The van der Waals surface area contributed by atoms with E-state index in [1.807, 2.05) is 0 Å². The number of aliphatic hydroxyl groups excluding tert-OH is 1. The average molecular weight is 393 g/mol.